The third kappa shape index (κ3) is 4.23. The summed E-state index contributed by atoms with van der Waals surface area (Å²) in [7, 11) is 0. The monoisotopic (exact) mass is 465 g/mol. The first kappa shape index (κ1) is 21.3. The van der Waals surface area contributed by atoms with E-state index < -0.39 is 0 Å². The minimum Gasteiger partial charge on any atom is -0.486 e. The van der Waals surface area contributed by atoms with Gasteiger partial charge in [-0.3, -0.25) is 4.79 Å². The summed E-state index contributed by atoms with van der Waals surface area (Å²) in [6.07, 6.45) is 0. The maximum absolute atomic E-state index is 13.1. The molecule has 2 aromatic heterocycles. The molecular formula is C24H20FN3O4S. The summed E-state index contributed by atoms with van der Waals surface area (Å²) in [5, 5.41) is 8.24. The highest BCUT2D eigenvalue weighted by molar-refractivity contribution is 7.99. The summed E-state index contributed by atoms with van der Waals surface area (Å²) in [5.41, 5.74) is 3.93. The number of carbonyl (C=O) groups excluding carboxylic acids is 1. The Hall–Kier alpha value is -3.59. The van der Waals surface area contributed by atoms with Crippen molar-refractivity contribution in [2.45, 2.75) is 19.1 Å². The van der Waals surface area contributed by atoms with Gasteiger partial charge in [-0.05, 0) is 56.3 Å². The Kier molecular flexibility index (Phi) is 5.63. The summed E-state index contributed by atoms with van der Waals surface area (Å²) < 4.78 is 32.0. The van der Waals surface area contributed by atoms with Crippen molar-refractivity contribution in [3.8, 4) is 28.6 Å². The van der Waals surface area contributed by atoms with Crippen molar-refractivity contribution in [3.05, 3.63) is 71.3 Å². The lowest BCUT2D eigenvalue weighted by Crippen LogP contribution is -2.15. The molecule has 0 unspecified atom stereocenters. The van der Waals surface area contributed by atoms with Gasteiger partial charge in [-0.2, -0.15) is 0 Å². The lowest BCUT2D eigenvalue weighted by atomic mass is 10.2. The molecule has 0 amide bonds. The molecule has 9 heteroatoms. The number of thioether (sulfide) groups is 1. The van der Waals surface area contributed by atoms with Crippen molar-refractivity contribution >= 4 is 17.5 Å². The molecule has 0 spiro atoms. The summed E-state index contributed by atoms with van der Waals surface area (Å²) in [4.78, 5) is 13.0. The van der Waals surface area contributed by atoms with Crippen LogP contribution in [0.4, 0.5) is 4.39 Å². The molecule has 2 aromatic carbocycles. The first-order valence-electron chi connectivity index (χ1n) is 10.3. The number of halogens is 1. The predicted octanol–water partition coefficient (Wildman–Crippen LogP) is 5.03. The summed E-state index contributed by atoms with van der Waals surface area (Å²) >= 11 is 1.17. The fourth-order valence-electron chi connectivity index (χ4n) is 3.80. The molecule has 0 fully saturated rings. The Morgan fingerprint density at radius 2 is 1.79 bits per heavy atom. The normalized spacial score (nSPS) is 12.7. The van der Waals surface area contributed by atoms with Crippen LogP contribution in [0.2, 0.25) is 0 Å². The SMILES string of the molecule is Cc1cc(C(=O)CSc2nnc(-c3ccc(F)cc3)o2)c(C)n1-c1ccc2c(c1)OCCO2. The minimum atomic E-state index is -0.340. The molecular weight excluding hydrogens is 445 g/mol. The third-order valence-corrected chi connectivity index (χ3v) is 6.16. The van der Waals surface area contributed by atoms with Gasteiger partial charge in [0.15, 0.2) is 17.3 Å². The molecule has 1 aliphatic heterocycles. The number of carbonyl (C=O) groups is 1. The van der Waals surface area contributed by atoms with Crippen LogP contribution in [0.15, 0.2) is 58.2 Å². The average molecular weight is 466 g/mol. The quantitative estimate of drug-likeness (QED) is 0.292. The van der Waals surface area contributed by atoms with Crippen molar-refractivity contribution in [1.29, 1.82) is 0 Å². The molecule has 168 valence electrons. The maximum atomic E-state index is 13.1. The van der Waals surface area contributed by atoms with Gasteiger partial charge in [0.05, 0.1) is 5.75 Å². The zero-order valence-corrected chi connectivity index (χ0v) is 18.8. The number of nitrogens with zero attached hydrogens (tertiary/aromatic N) is 3. The van der Waals surface area contributed by atoms with E-state index in [-0.39, 0.29) is 28.5 Å². The highest BCUT2D eigenvalue weighted by atomic mass is 32.2. The van der Waals surface area contributed by atoms with Crippen LogP contribution in [0.5, 0.6) is 11.5 Å². The number of benzene rings is 2. The minimum absolute atomic E-state index is 0.0431. The Labute approximate surface area is 193 Å². The van der Waals surface area contributed by atoms with E-state index in [1.165, 1.54) is 23.9 Å². The molecule has 0 saturated heterocycles. The van der Waals surface area contributed by atoms with E-state index in [1.54, 1.807) is 12.1 Å². The van der Waals surface area contributed by atoms with E-state index in [1.807, 2.05) is 42.7 Å². The van der Waals surface area contributed by atoms with Crippen LogP contribution in [0, 0.1) is 19.7 Å². The van der Waals surface area contributed by atoms with Crippen LogP contribution in [-0.2, 0) is 0 Å². The number of aryl methyl sites for hydroxylation is 1. The standard InChI is InChI=1S/C24H20FN3O4S/c1-14-11-19(15(2)28(14)18-7-8-21-22(12-18)31-10-9-30-21)20(29)13-33-24-27-26-23(32-24)16-3-5-17(25)6-4-16/h3-8,11-12H,9-10,13H2,1-2H3. The number of ketones is 1. The largest absolute Gasteiger partial charge is 0.486 e. The van der Waals surface area contributed by atoms with Crippen LogP contribution in [-0.4, -0.2) is 39.5 Å². The zero-order chi connectivity index (χ0) is 22.9. The fraction of sp³-hybridized carbons (Fsp3) is 0.208. The molecule has 0 bridgehead atoms. The molecule has 0 atom stereocenters. The molecule has 0 saturated carbocycles. The predicted molar refractivity (Wildman–Crippen MR) is 121 cm³/mol. The number of aromatic nitrogens is 3. The van der Waals surface area contributed by atoms with Gasteiger partial charge in [0.25, 0.3) is 5.22 Å². The van der Waals surface area contributed by atoms with E-state index in [9.17, 15) is 9.18 Å². The first-order chi connectivity index (χ1) is 16.0. The highest BCUT2D eigenvalue weighted by Gasteiger charge is 2.20. The number of rotatable bonds is 6. The van der Waals surface area contributed by atoms with E-state index in [0.717, 1.165) is 22.8 Å². The van der Waals surface area contributed by atoms with Gasteiger partial charge in [-0.1, -0.05) is 11.8 Å². The van der Waals surface area contributed by atoms with E-state index in [0.29, 0.717) is 30.1 Å². The van der Waals surface area contributed by atoms with E-state index >= 15 is 0 Å². The summed E-state index contributed by atoms with van der Waals surface area (Å²) in [6, 6.07) is 13.4. The molecule has 0 aliphatic carbocycles. The number of hydrogen-bond donors (Lipinski definition) is 0. The van der Waals surface area contributed by atoms with Crippen LogP contribution >= 0.6 is 11.8 Å². The second-order valence-corrected chi connectivity index (χ2v) is 8.47. The van der Waals surface area contributed by atoms with Crippen LogP contribution < -0.4 is 9.47 Å². The van der Waals surface area contributed by atoms with Crippen molar-refractivity contribution < 1.29 is 23.1 Å². The Morgan fingerprint density at radius 3 is 2.58 bits per heavy atom. The number of ether oxygens (including phenoxy) is 2. The maximum Gasteiger partial charge on any atom is 0.277 e. The first-order valence-corrected chi connectivity index (χ1v) is 11.3. The van der Waals surface area contributed by atoms with Gasteiger partial charge in [-0.15, -0.1) is 10.2 Å². The molecule has 5 rings (SSSR count). The number of fused-ring (bicyclic) bond motifs is 1. The molecule has 33 heavy (non-hydrogen) atoms. The number of hydrogen-bond acceptors (Lipinski definition) is 7. The third-order valence-electron chi connectivity index (χ3n) is 5.34. The van der Waals surface area contributed by atoms with Gasteiger partial charge < -0.3 is 18.5 Å². The molecule has 4 aromatic rings. The smallest absolute Gasteiger partial charge is 0.277 e. The van der Waals surface area contributed by atoms with Crippen molar-refractivity contribution in [2.75, 3.05) is 19.0 Å². The lowest BCUT2D eigenvalue weighted by Gasteiger charge is -2.20. The van der Waals surface area contributed by atoms with Crippen LogP contribution in [0.25, 0.3) is 17.1 Å². The lowest BCUT2D eigenvalue weighted by molar-refractivity contribution is 0.102. The van der Waals surface area contributed by atoms with Gasteiger partial charge in [0, 0.05) is 34.3 Å². The van der Waals surface area contributed by atoms with E-state index in [4.69, 9.17) is 13.9 Å². The van der Waals surface area contributed by atoms with Gasteiger partial charge in [0.2, 0.25) is 5.89 Å². The second kappa shape index (κ2) is 8.74. The summed E-state index contributed by atoms with van der Waals surface area (Å²) in [6.45, 7) is 4.93. The average Bonchev–Trinajstić information content (AvgIpc) is 3.42. The Bertz CT molecular complexity index is 1330. The number of Topliss-reactive ketones (excluding diaryl/α,β-unsaturated/α-hetero) is 1. The Morgan fingerprint density at radius 1 is 1.03 bits per heavy atom. The fourth-order valence-corrected chi connectivity index (χ4v) is 4.44. The van der Waals surface area contributed by atoms with E-state index in [2.05, 4.69) is 10.2 Å². The second-order valence-electron chi connectivity index (χ2n) is 7.54. The zero-order valence-electron chi connectivity index (χ0n) is 18.0. The van der Waals surface area contributed by atoms with Gasteiger partial charge in [-0.25, -0.2) is 4.39 Å². The van der Waals surface area contributed by atoms with Crippen LogP contribution in [0.1, 0.15) is 21.7 Å². The van der Waals surface area contributed by atoms with Gasteiger partial charge >= 0.3 is 0 Å². The van der Waals surface area contributed by atoms with Crippen molar-refractivity contribution in [2.24, 2.45) is 0 Å². The molecule has 0 radical (unpaired) electrons. The molecule has 7 nitrogen and oxygen atoms in total. The topological polar surface area (TPSA) is 79.4 Å². The highest BCUT2D eigenvalue weighted by Crippen LogP contribution is 2.34. The molecule has 1 aliphatic rings. The van der Waals surface area contributed by atoms with Crippen LogP contribution in [0.3, 0.4) is 0 Å². The summed E-state index contributed by atoms with van der Waals surface area (Å²) in [5.74, 6) is 1.46. The van der Waals surface area contributed by atoms with Crippen molar-refractivity contribution in [3.63, 3.8) is 0 Å². The molecule has 0 N–H and O–H groups in total. The molecule has 3 heterocycles. The van der Waals surface area contributed by atoms with Crippen molar-refractivity contribution in [1.82, 2.24) is 14.8 Å². The Balaban J connectivity index is 1.31. The van der Waals surface area contributed by atoms with Gasteiger partial charge in [0.1, 0.15) is 19.0 Å².